The molecule has 1 aliphatic heterocycles. The van der Waals surface area contributed by atoms with Crippen molar-refractivity contribution in [2.24, 2.45) is 0 Å². The highest BCUT2D eigenvalue weighted by molar-refractivity contribution is 6.36. The quantitative estimate of drug-likeness (QED) is 0.223. The number of nitrogens with one attached hydrogen (secondary N) is 5. The molecule has 8 nitrogen and oxygen atoms in total. The molecule has 3 heterocycles. The first-order valence-electron chi connectivity index (χ1n) is 10.8. The van der Waals surface area contributed by atoms with Crippen molar-refractivity contribution in [3.8, 4) is 6.07 Å². The fraction of sp³-hybridized carbons (Fsp3) is 0.0800. The summed E-state index contributed by atoms with van der Waals surface area (Å²) in [5.74, 6) is -0.535. The van der Waals surface area contributed by atoms with Crippen molar-refractivity contribution in [3.05, 3.63) is 99.4 Å². The van der Waals surface area contributed by atoms with Crippen molar-refractivity contribution >= 4 is 51.2 Å². The van der Waals surface area contributed by atoms with Crippen LogP contribution in [0.15, 0.2) is 66.8 Å². The first-order valence-corrected chi connectivity index (χ1v) is 11.6. The Morgan fingerprint density at radius 3 is 2.64 bits per heavy atom. The molecule has 2 aromatic carbocycles. The molecule has 1 aliphatic rings. The third-order valence-electron chi connectivity index (χ3n) is 5.72. The van der Waals surface area contributed by atoms with Crippen LogP contribution in [0.5, 0.6) is 0 Å². The van der Waals surface area contributed by atoms with Gasteiger partial charge in [-0.15, -0.1) is 0 Å². The molecule has 0 aliphatic carbocycles. The molecule has 1 atom stereocenters. The van der Waals surface area contributed by atoms with Crippen LogP contribution in [-0.4, -0.2) is 9.97 Å². The summed E-state index contributed by atoms with van der Waals surface area (Å²) in [4.78, 5) is 8.82. The molecule has 36 heavy (non-hydrogen) atoms. The molecule has 0 fully saturated rings. The predicted molar refractivity (Wildman–Crippen MR) is 139 cm³/mol. The van der Waals surface area contributed by atoms with E-state index in [1.807, 2.05) is 31.3 Å². The largest absolute Gasteiger partial charge is 0.373 e. The van der Waals surface area contributed by atoms with Gasteiger partial charge in [-0.1, -0.05) is 29.3 Å². The van der Waals surface area contributed by atoms with Crippen LogP contribution in [0.4, 0.5) is 21.5 Å². The van der Waals surface area contributed by atoms with Gasteiger partial charge in [-0.25, -0.2) is 4.39 Å². The lowest BCUT2D eigenvalue weighted by atomic mass is 10.0. The molecule has 2 aromatic heterocycles. The summed E-state index contributed by atoms with van der Waals surface area (Å²) in [6.07, 6.45) is 5.00. The second-order valence-corrected chi connectivity index (χ2v) is 8.83. The number of benzene rings is 2. The molecule has 5 rings (SSSR count). The normalized spacial score (nSPS) is 13.4. The average molecular weight is 521 g/mol. The lowest BCUT2D eigenvalue weighted by molar-refractivity contribution is 0.582. The minimum Gasteiger partial charge on any atom is -0.373 e. The fourth-order valence-electron chi connectivity index (χ4n) is 3.99. The van der Waals surface area contributed by atoms with Crippen LogP contribution in [0.2, 0.25) is 10.0 Å². The molecule has 0 saturated carbocycles. The number of fused-ring (bicyclic) bond motifs is 1. The van der Waals surface area contributed by atoms with Crippen molar-refractivity contribution in [1.29, 1.82) is 5.26 Å². The van der Waals surface area contributed by atoms with Gasteiger partial charge >= 0.3 is 0 Å². The molecule has 0 unspecified atom stereocenters. The first kappa shape index (κ1) is 23.6. The Hall–Kier alpha value is -4.10. The summed E-state index contributed by atoms with van der Waals surface area (Å²) in [7, 11) is 0. The van der Waals surface area contributed by atoms with Crippen LogP contribution in [-0.2, 0) is 0 Å². The molecule has 0 bridgehead atoms. The van der Waals surface area contributed by atoms with Gasteiger partial charge in [0.1, 0.15) is 11.9 Å². The Morgan fingerprint density at radius 2 is 1.92 bits per heavy atom. The summed E-state index contributed by atoms with van der Waals surface area (Å²) in [5, 5.41) is 17.4. The number of hydrogen-bond acceptors (Lipinski definition) is 8. The van der Waals surface area contributed by atoms with Crippen LogP contribution < -0.4 is 27.0 Å². The van der Waals surface area contributed by atoms with Crippen LogP contribution in [0.3, 0.4) is 0 Å². The van der Waals surface area contributed by atoms with Gasteiger partial charge in [0.2, 0.25) is 0 Å². The summed E-state index contributed by atoms with van der Waals surface area (Å²) in [6, 6.07) is 13.6. The van der Waals surface area contributed by atoms with Crippen LogP contribution in [0.25, 0.3) is 10.9 Å². The predicted octanol–water partition coefficient (Wildman–Crippen LogP) is 5.61. The Labute approximate surface area is 216 Å². The van der Waals surface area contributed by atoms with Gasteiger partial charge in [0.15, 0.2) is 0 Å². The topological polar surface area (TPSA) is 110 Å². The van der Waals surface area contributed by atoms with Gasteiger partial charge in [0, 0.05) is 46.6 Å². The van der Waals surface area contributed by atoms with Crippen LogP contribution >= 0.6 is 23.2 Å². The van der Waals surface area contributed by atoms with Crippen molar-refractivity contribution in [3.63, 3.8) is 0 Å². The SMILES string of the molecule is Cc1ncccc1[C@H](Nc1cc(Cl)c2ncc(C#N)c(Nc3ccc(F)c(Cl)c3)c2c1)C1=CNNN1. The first-order chi connectivity index (χ1) is 17.4. The number of rotatable bonds is 6. The second-order valence-electron chi connectivity index (χ2n) is 8.02. The molecule has 0 saturated heterocycles. The number of aryl methyl sites for hydroxylation is 1. The number of nitrogens with zero attached hydrogens (tertiary/aromatic N) is 3. The van der Waals surface area contributed by atoms with E-state index in [1.54, 1.807) is 12.3 Å². The monoisotopic (exact) mass is 520 g/mol. The average Bonchev–Trinajstić information content (AvgIpc) is 3.40. The highest BCUT2D eigenvalue weighted by Crippen LogP contribution is 2.37. The van der Waals surface area contributed by atoms with E-state index in [9.17, 15) is 9.65 Å². The van der Waals surface area contributed by atoms with E-state index in [4.69, 9.17) is 23.2 Å². The Morgan fingerprint density at radius 1 is 1.08 bits per heavy atom. The molecule has 0 radical (unpaired) electrons. The van der Waals surface area contributed by atoms with E-state index in [0.717, 1.165) is 17.0 Å². The third-order valence-corrected chi connectivity index (χ3v) is 6.30. The number of hydrazine groups is 2. The minimum atomic E-state index is -0.535. The van der Waals surface area contributed by atoms with Crippen molar-refractivity contribution < 1.29 is 4.39 Å². The Kier molecular flexibility index (Phi) is 6.48. The molecule has 11 heteroatoms. The number of hydrogen-bond donors (Lipinski definition) is 5. The van der Waals surface area contributed by atoms with Crippen molar-refractivity contribution in [2.45, 2.75) is 13.0 Å². The number of halogens is 3. The number of anilines is 3. The zero-order chi connectivity index (χ0) is 25.2. The number of pyridine rings is 2. The molecule has 5 N–H and O–H groups in total. The van der Waals surface area contributed by atoms with Gasteiger partial charge in [0.25, 0.3) is 0 Å². The third kappa shape index (κ3) is 4.57. The van der Waals surface area contributed by atoms with E-state index < -0.39 is 5.82 Å². The van der Waals surface area contributed by atoms with E-state index in [2.05, 4.69) is 43.1 Å². The van der Waals surface area contributed by atoms with E-state index >= 15 is 0 Å². The van der Waals surface area contributed by atoms with Crippen molar-refractivity contribution in [1.82, 2.24) is 26.4 Å². The molecule has 180 valence electrons. The van der Waals surface area contributed by atoms with Gasteiger partial charge < -0.3 is 21.5 Å². The smallest absolute Gasteiger partial charge is 0.141 e. The number of aromatic nitrogens is 2. The standard InChI is InChI=1S/C25H19Cl2FN8/c1-13-17(3-2-6-30-13)25(22-12-32-36-35-22)34-16-7-18-23(33-15-4-5-21(28)19(26)8-15)14(10-29)11-31-24(18)20(27)9-16/h2-9,11-12,25,32,34-36H,1H3,(H,31,33)/t25-/m0/s1. The second kappa shape index (κ2) is 9.87. The van der Waals surface area contributed by atoms with Gasteiger partial charge in [-0.2, -0.15) is 10.8 Å². The van der Waals surface area contributed by atoms with E-state index in [0.29, 0.717) is 38.6 Å². The molecule has 0 amide bonds. The fourth-order valence-corrected chi connectivity index (χ4v) is 4.43. The van der Waals surface area contributed by atoms with Crippen LogP contribution in [0.1, 0.15) is 22.9 Å². The van der Waals surface area contributed by atoms with Crippen LogP contribution in [0, 0.1) is 24.1 Å². The van der Waals surface area contributed by atoms with Crippen molar-refractivity contribution in [2.75, 3.05) is 10.6 Å². The number of nitriles is 1. The minimum absolute atomic E-state index is 0.0357. The maximum absolute atomic E-state index is 13.7. The Bertz CT molecular complexity index is 1550. The zero-order valence-corrected chi connectivity index (χ0v) is 20.3. The van der Waals surface area contributed by atoms with E-state index in [-0.39, 0.29) is 11.1 Å². The highest BCUT2D eigenvalue weighted by atomic mass is 35.5. The summed E-state index contributed by atoms with van der Waals surface area (Å²) in [6.45, 7) is 1.94. The zero-order valence-electron chi connectivity index (χ0n) is 18.8. The lowest BCUT2D eigenvalue weighted by Crippen LogP contribution is -2.34. The molecule has 4 aromatic rings. The van der Waals surface area contributed by atoms with Gasteiger partial charge in [-0.05, 0) is 43.3 Å². The summed E-state index contributed by atoms with van der Waals surface area (Å²) in [5.41, 5.74) is 14.0. The summed E-state index contributed by atoms with van der Waals surface area (Å²) < 4.78 is 13.7. The molecule has 0 spiro atoms. The maximum atomic E-state index is 13.7. The maximum Gasteiger partial charge on any atom is 0.141 e. The molecular weight excluding hydrogens is 502 g/mol. The summed E-state index contributed by atoms with van der Waals surface area (Å²) >= 11 is 12.6. The van der Waals surface area contributed by atoms with Gasteiger partial charge in [-0.3, -0.25) is 9.97 Å². The lowest BCUT2D eigenvalue weighted by Gasteiger charge is -2.23. The van der Waals surface area contributed by atoms with E-state index in [1.165, 1.54) is 24.4 Å². The van der Waals surface area contributed by atoms with Gasteiger partial charge in [0.05, 0.1) is 38.6 Å². The molecular formula is C25H19Cl2FN8. The Balaban J connectivity index is 1.61. The highest BCUT2D eigenvalue weighted by Gasteiger charge is 2.22.